The fraction of sp³-hybridized carbons (Fsp3) is 0.647. The smallest absolute Gasteiger partial charge is 0.124 e. The number of para-hydroxylation sites is 1. The minimum Gasteiger partial charge on any atom is -0.493 e. The van der Waals surface area contributed by atoms with E-state index in [9.17, 15) is 0 Å². The van der Waals surface area contributed by atoms with Crippen molar-refractivity contribution >= 4 is 0 Å². The van der Waals surface area contributed by atoms with E-state index in [1.807, 2.05) is 6.07 Å². The molecule has 1 aliphatic heterocycles. The van der Waals surface area contributed by atoms with Crippen LogP contribution in [0.1, 0.15) is 45.2 Å². The maximum Gasteiger partial charge on any atom is 0.124 e. The van der Waals surface area contributed by atoms with Gasteiger partial charge < -0.3 is 14.8 Å². The molecule has 0 aromatic heterocycles. The molecule has 1 aromatic rings. The highest BCUT2D eigenvalue weighted by atomic mass is 16.5. The van der Waals surface area contributed by atoms with E-state index in [2.05, 4.69) is 44.3 Å². The SMILES string of the molecule is CC(C)COc1ccccc1[C@@H](C)NC[C@@H]1CCCO1. The van der Waals surface area contributed by atoms with Gasteiger partial charge in [0.25, 0.3) is 0 Å². The van der Waals surface area contributed by atoms with Gasteiger partial charge in [-0.25, -0.2) is 0 Å². The van der Waals surface area contributed by atoms with E-state index in [1.165, 1.54) is 18.4 Å². The van der Waals surface area contributed by atoms with Gasteiger partial charge >= 0.3 is 0 Å². The maximum atomic E-state index is 5.92. The van der Waals surface area contributed by atoms with Crippen LogP contribution in [0, 0.1) is 5.92 Å². The lowest BCUT2D eigenvalue weighted by Gasteiger charge is -2.20. The van der Waals surface area contributed by atoms with Gasteiger partial charge in [-0.15, -0.1) is 0 Å². The van der Waals surface area contributed by atoms with E-state index in [1.54, 1.807) is 0 Å². The van der Waals surface area contributed by atoms with Gasteiger partial charge in [-0.3, -0.25) is 0 Å². The van der Waals surface area contributed by atoms with Gasteiger partial charge in [-0.05, 0) is 31.7 Å². The maximum absolute atomic E-state index is 5.92. The number of ether oxygens (including phenoxy) is 2. The minimum atomic E-state index is 0.280. The first-order chi connectivity index (χ1) is 9.66. The molecule has 0 spiro atoms. The van der Waals surface area contributed by atoms with Gasteiger partial charge in [0.15, 0.2) is 0 Å². The second kappa shape index (κ2) is 7.65. The summed E-state index contributed by atoms with van der Waals surface area (Å²) in [6, 6.07) is 8.58. The topological polar surface area (TPSA) is 30.5 Å². The van der Waals surface area contributed by atoms with Crippen LogP contribution in [0.4, 0.5) is 0 Å². The van der Waals surface area contributed by atoms with Crippen LogP contribution in [0.5, 0.6) is 5.75 Å². The van der Waals surface area contributed by atoms with Crippen LogP contribution in [-0.4, -0.2) is 25.9 Å². The number of benzene rings is 1. The largest absolute Gasteiger partial charge is 0.493 e. The molecule has 1 aliphatic rings. The van der Waals surface area contributed by atoms with Crippen LogP contribution < -0.4 is 10.1 Å². The predicted molar refractivity (Wildman–Crippen MR) is 82.2 cm³/mol. The molecule has 3 nitrogen and oxygen atoms in total. The second-order valence-electron chi connectivity index (χ2n) is 6.01. The molecule has 0 aliphatic carbocycles. The van der Waals surface area contributed by atoms with E-state index < -0.39 is 0 Å². The molecule has 20 heavy (non-hydrogen) atoms. The van der Waals surface area contributed by atoms with E-state index in [0.29, 0.717) is 12.0 Å². The van der Waals surface area contributed by atoms with Crippen LogP contribution in [0.25, 0.3) is 0 Å². The van der Waals surface area contributed by atoms with Crippen LogP contribution in [0.3, 0.4) is 0 Å². The second-order valence-corrected chi connectivity index (χ2v) is 6.01. The Morgan fingerprint density at radius 2 is 2.10 bits per heavy atom. The summed E-state index contributed by atoms with van der Waals surface area (Å²) in [6.45, 7) is 9.11. The van der Waals surface area contributed by atoms with Crippen molar-refractivity contribution in [2.45, 2.75) is 45.8 Å². The zero-order valence-corrected chi connectivity index (χ0v) is 12.9. The molecule has 2 atom stereocenters. The van der Waals surface area contributed by atoms with Crippen molar-refractivity contribution in [2.75, 3.05) is 19.8 Å². The van der Waals surface area contributed by atoms with Gasteiger partial charge in [0.05, 0.1) is 12.7 Å². The van der Waals surface area contributed by atoms with Gasteiger partial charge in [0.1, 0.15) is 5.75 Å². The Morgan fingerprint density at radius 1 is 1.30 bits per heavy atom. The lowest BCUT2D eigenvalue weighted by molar-refractivity contribution is 0.108. The molecule has 112 valence electrons. The van der Waals surface area contributed by atoms with Crippen molar-refractivity contribution < 1.29 is 9.47 Å². The molecule has 1 heterocycles. The highest BCUT2D eigenvalue weighted by molar-refractivity contribution is 5.35. The zero-order chi connectivity index (χ0) is 14.4. The molecule has 0 radical (unpaired) electrons. The molecule has 1 fully saturated rings. The molecule has 1 aromatic carbocycles. The molecule has 1 saturated heterocycles. The molecule has 0 saturated carbocycles. The van der Waals surface area contributed by atoms with Gasteiger partial charge in [-0.1, -0.05) is 32.0 Å². The molecule has 0 amide bonds. The van der Waals surface area contributed by atoms with Crippen LogP contribution >= 0.6 is 0 Å². The molecule has 0 unspecified atom stereocenters. The monoisotopic (exact) mass is 277 g/mol. The van der Waals surface area contributed by atoms with Gasteiger partial charge in [0.2, 0.25) is 0 Å². The summed E-state index contributed by atoms with van der Waals surface area (Å²) >= 11 is 0. The van der Waals surface area contributed by atoms with Crippen molar-refractivity contribution in [3.8, 4) is 5.75 Å². The summed E-state index contributed by atoms with van der Waals surface area (Å²) in [7, 11) is 0. The molecular weight excluding hydrogens is 250 g/mol. The summed E-state index contributed by atoms with van der Waals surface area (Å²) in [5, 5.41) is 3.56. The van der Waals surface area contributed by atoms with Crippen molar-refractivity contribution in [3.05, 3.63) is 29.8 Å². The Bertz CT molecular complexity index is 400. The highest BCUT2D eigenvalue weighted by Crippen LogP contribution is 2.25. The number of hydrogen-bond acceptors (Lipinski definition) is 3. The van der Waals surface area contributed by atoms with E-state index >= 15 is 0 Å². The van der Waals surface area contributed by atoms with Crippen LogP contribution in [-0.2, 0) is 4.74 Å². The molecular formula is C17H27NO2. The van der Waals surface area contributed by atoms with E-state index in [0.717, 1.165) is 25.5 Å². The Hall–Kier alpha value is -1.06. The van der Waals surface area contributed by atoms with Gasteiger partial charge in [-0.2, -0.15) is 0 Å². The summed E-state index contributed by atoms with van der Waals surface area (Å²) < 4.78 is 11.6. The average Bonchev–Trinajstić information content (AvgIpc) is 2.96. The van der Waals surface area contributed by atoms with Crippen molar-refractivity contribution in [1.29, 1.82) is 0 Å². The van der Waals surface area contributed by atoms with Crippen LogP contribution in [0.15, 0.2) is 24.3 Å². The lowest BCUT2D eigenvalue weighted by Crippen LogP contribution is -2.29. The normalized spacial score (nSPS) is 20.3. The first kappa shape index (κ1) is 15.3. The third-order valence-corrected chi connectivity index (χ3v) is 3.63. The Labute approximate surface area is 122 Å². The first-order valence-corrected chi connectivity index (χ1v) is 7.73. The van der Waals surface area contributed by atoms with Crippen molar-refractivity contribution in [2.24, 2.45) is 5.92 Å². The predicted octanol–water partition coefficient (Wildman–Crippen LogP) is 3.55. The zero-order valence-electron chi connectivity index (χ0n) is 12.9. The Balaban J connectivity index is 1.91. The van der Waals surface area contributed by atoms with E-state index in [4.69, 9.17) is 9.47 Å². The fourth-order valence-electron chi connectivity index (χ4n) is 2.45. The highest BCUT2D eigenvalue weighted by Gasteiger charge is 2.17. The van der Waals surface area contributed by atoms with E-state index in [-0.39, 0.29) is 6.04 Å². The summed E-state index contributed by atoms with van der Waals surface area (Å²) in [6.07, 6.45) is 2.74. The number of hydrogen-bond donors (Lipinski definition) is 1. The van der Waals surface area contributed by atoms with Gasteiger partial charge in [0, 0.05) is 24.8 Å². The van der Waals surface area contributed by atoms with Crippen molar-refractivity contribution in [1.82, 2.24) is 5.32 Å². The minimum absolute atomic E-state index is 0.280. The first-order valence-electron chi connectivity index (χ1n) is 7.73. The molecule has 3 heteroatoms. The fourth-order valence-corrected chi connectivity index (χ4v) is 2.45. The Kier molecular flexibility index (Phi) is 5.86. The van der Waals surface area contributed by atoms with Crippen molar-refractivity contribution in [3.63, 3.8) is 0 Å². The Morgan fingerprint density at radius 3 is 2.80 bits per heavy atom. The number of rotatable bonds is 7. The summed E-state index contributed by atoms with van der Waals surface area (Å²) in [4.78, 5) is 0. The molecule has 1 N–H and O–H groups in total. The molecule has 2 rings (SSSR count). The quantitative estimate of drug-likeness (QED) is 0.826. The standard InChI is InChI=1S/C17H27NO2/c1-13(2)12-20-17-9-5-4-8-16(17)14(3)18-11-15-7-6-10-19-15/h4-5,8-9,13-15,18H,6-7,10-12H2,1-3H3/t14-,15+/m1/s1. The third kappa shape index (κ3) is 4.50. The average molecular weight is 277 g/mol. The number of nitrogens with one attached hydrogen (secondary N) is 1. The summed E-state index contributed by atoms with van der Waals surface area (Å²) in [5.74, 6) is 1.53. The summed E-state index contributed by atoms with van der Waals surface area (Å²) in [5.41, 5.74) is 1.23. The lowest BCUT2D eigenvalue weighted by atomic mass is 10.1. The molecule has 0 bridgehead atoms. The van der Waals surface area contributed by atoms with Crippen LogP contribution in [0.2, 0.25) is 0 Å². The third-order valence-electron chi connectivity index (χ3n) is 3.63.